The minimum Gasteiger partial charge on any atom is -0.384 e. The molecule has 1 saturated carbocycles. The molecule has 0 bridgehead atoms. The number of nitrogens with one attached hydrogen (secondary N) is 2. The molecule has 2 aliphatic rings. The Kier molecular flexibility index (Phi) is 6.26. The molecule has 20 heavy (non-hydrogen) atoms. The van der Waals surface area contributed by atoms with Crippen LogP contribution in [-0.4, -0.2) is 52.0 Å². The molecule has 1 amide bonds. The summed E-state index contributed by atoms with van der Waals surface area (Å²) in [6.07, 6.45) is 7.06. The quantitative estimate of drug-likeness (QED) is 0.734. The van der Waals surface area contributed by atoms with E-state index >= 15 is 0 Å². The van der Waals surface area contributed by atoms with Crippen LogP contribution < -0.4 is 10.6 Å². The van der Waals surface area contributed by atoms with Crippen molar-refractivity contribution < 1.29 is 14.3 Å². The molecule has 0 aromatic rings. The number of ether oxygens (including phenoxy) is 2. The van der Waals surface area contributed by atoms with E-state index in [1.807, 2.05) is 0 Å². The van der Waals surface area contributed by atoms with Crippen LogP contribution >= 0.6 is 0 Å². The van der Waals surface area contributed by atoms with Gasteiger partial charge >= 0.3 is 0 Å². The Morgan fingerprint density at radius 2 is 2.00 bits per heavy atom. The fourth-order valence-electron chi connectivity index (χ4n) is 3.22. The molecule has 116 valence electrons. The van der Waals surface area contributed by atoms with Crippen LogP contribution in [0, 0.1) is 5.41 Å². The molecular formula is C15H28N2O3. The van der Waals surface area contributed by atoms with Crippen LogP contribution in [0.15, 0.2) is 0 Å². The minimum atomic E-state index is 0.00547. The second-order valence-corrected chi connectivity index (χ2v) is 6.18. The lowest BCUT2D eigenvalue weighted by molar-refractivity contribution is -0.128. The topological polar surface area (TPSA) is 59.6 Å². The Bertz CT molecular complexity index is 292. The third kappa shape index (κ3) is 4.72. The Hall–Kier alpha value is -0.650. The van der Waals surface area contributed by atoms with E-state index in [2.05, 4.69) is 10.6 Å². The molecule has 0 aromatic carbocycles. The van der Waals surface area contributed by atoms with Gasteiger partial charge in [0.05, 0.1) is 12.7 Å². The molecule has 2 N–H and O–H groups in total. The number of methoxy groups -OCH3 is 1. The van der Waals surface area contributed by atoms with Crippen molar-refractivity contribution in [1.29, 1.82) is 0 Å². The van der Waals surface area contributed by atoms with Gasteiger partial charge in [0, 0.05) is 19.1 Å². The van der Waals surface area contributed by atoms with Crippen molar-refractivity contribution in [1.82, 2.24) is 10.6 Å². The molecule has 1 aliphatic carbocycles. The zero-order valence-electron chi connectivity index (χ0n) is 12.6. The van der Waals surface area contributed by atoms with Crippen molar-refractivity contribution in [2.75, 3.05) is 40.0 Å². The molecule has 5 heteroatoms. The lowest BCUT2D eigenvalue weighted by Gasteiger charge is -2.37. The van der Waals surface area contributed by atoms with E-state index < -0.39 is 0 Å². The molecule has 1 heterocycles. The molecule has 0 unspecified atom stereocenters. The summed E-state index contributed by atoms with van der Waals surface area (Å²) in [5, 5.41) is 6.39. The van der Waals surface area contributed by atoms with Gasteiger partial charge in [-0.15, -0.1) is 0 Å². The maximum Gasteiger partial charge on any atom is 0.246 e. The molecule has 1 saturated heterocycles. The van der Waals surface area contributed by atoms with Gasteiger partial charge in [-0.25, -0.2) is 0 Å². The fourth-order valence-corrected chi connectivity index (χ4v) is 3.22. The molecule has 5 nitrogen and oxygen atoms in total. The van der Waals surface area contributed by atoms with Crippen LogP contribution in [-0.2, 0) is 14.3 Å². The third-order valence-electron chi connectivity index (χ3n) is 4.53. The van der Waals surface area contributed by atoms with Gasteiger partial charge in [0.15, 0.2) is 0 Å². The zero-order chi connectivity index (χ0) is 14.3. The molecule has 0 aromatic heterocycles. The highest BCUT2D eigenvalue weighted by molar-refractivity contribution is 5.77. The van der Waals surface area contributed by atoms with Crippen molar-refractivity contribution in [3.63, 3.8) is 0 Å². The van der Waals surface area contributed by atoms with E-state index in [0.29, 0.717) is 19.3 Å². The number of carbonyl (C=O) groups is 1. The lowest BCUT2D eigenvalue weighted by Crippen LogP contribution is -2.47. The average Bonchev–Trinajstić information content (AvgIpc) is 2.98. The summed E-state index contributed by atoms with van der Waals surface area (Å²) in [6, 6.07) is 0. The summed E-state index contributed by atoms with van der Waals surface area (Å²) in [5.41, 5.74) is 0.0863. The van der Waals surface area contributed by atoms with Gasteiger partial charge in [-0.1, -0.05) is 12.8 Å². The molecule has 0 radical (unpaired) electrons. The summed E-state index contributed by atoms with van der Waals surface area (Å²) >= 11 is 0. The van der Waals surface area contributed by atoms with Crippen LogP contribution in [0.4, 0.5) is 0 Å². The Balaban J connectivity index is 1.69. The van der Waals surface area contributed by atoms with E-state index in [-0.39, 0.29) is 17.9 Å². The SMILES string of the molecule is COCC1(CNC(=O)COC2CCCC2)CCNCC1. The van der Waals surface area contributed by atoms with E-state index in [0.717, 1.165) is 38.8 Å². The smallest absolute Gasteiger partial charge is 0.246 e. The summed E-state index contributed by atoms with van der Waals surface area (Å²) in [6.45, 7) is 3.59. The minimum absolute atomic E-state index is 0.00547. The van der Waals surface area contributed by atoms with Gasteiger partial charge in [0.2, 0.25) is 5.91 Å². The number of hydrogen-bond acceptors (Lipinski definition) is 4. The first-order valence-corrected chi connectivity index (χ1v) is 7.82. The average molecular weight is 284 g/mol. The van der Waals surface area contributed by atoms with Gasteiger partial charge in [-0.05, 0) is 38.8 Å². The van der Waals surface area contributed by atoms with Crippen LogP contribution in [0.5, 0.6) is 0 Å². The van der Waals surface area contributed by atoms with Crippen LogP contribution in [0.25, 0.3) is 0 Å². The number of carbonyl (C=O) groups excluding carboxylic acids is 1. The second-order valence-electron chi connectivity index (χ2n) is 6.18. The van der Waals surface area contributed by atoms with Gasteiger partial charge in [0.25, 0.3) is 0 Å². The summed E-state index contributed by atoms with van der Waals surface area (Å²) in [4.78, 5) is 11.9. The second kappa shape index (κ2) is 7.96. The largest absolute Gasteiger partial charge is 0.384 e. The van der Waals surface area contributed by atoms with Crippen LogP contribution in [0.1, 0.15) is 38.5 Å². The molecular weight excluding hydrogens is 256 g/mol. The van der Waals surface area contributed by atoms with Gasteiger partial charge in [-0.2, -0.15) is 0 Å². The van der Waals surface area contributed by atoms with Crippen molar-refractivity contribution in [3.05, 3.63) is 0 Å². The third-order valence-corrected chi connectivity index (χ3v) is 4.53. The molecule has 2 rings (SSSR count). The van der Waals surface area contributed by atoms with E-state index in [4.69, 9.17) is 9.47 Å². The lowest BCUT2D eigenvalue weighted by atomic mass is 9.79. The summed E-state index contributed by atoms with van der Waals surface area (Å²) < 4.78 is 11.0. The predicted molar refractivity (Wildman–Crippen MR) is 77.6 cm³/mol. The van der Waals surface area contributed by atoms with Gasteiger partial charge in [0.1, 0.15) is 6.61 Å². The van der Waals surface area contributed by atoms with Crippen LogP contribution in [0.3, 0.4) is 0 Å². The van der Waals surface area contributed by atoms with E-state index in [1.54, 1.807) is 7.11 Å². The fraction of sp³-hybridized carbons (Fsp3) is 0.933. The molecule has 1 aliphatic heterocycles. The van der Waals surface area contributed by atoms with Crippen molar-refractivity contribution in [2.24, 2.45) is 5.41 Å². The van der Waals surface area contributed by atoms with Crippen molar-refractivity contribution in [3.8, 4) is 0 Å². The Morgan fingerprint density at radius 3 is 2.65 bits per heavy atom. The summed E-state index contributed by atoms with van der Waals surface area (Å²) in [5.74, 6) is 0.00547. The highest BCUT2D eigenvalue weighted by Crippen LogP contribution is 2.28. The number of hydrogen-bond donors (Lipinski definition) is 2. The number of rotatable bonds is 7. The number of amides is 1. The molecule has 2 fully saturated rings. The summed E-state index contributed by atoms with van der Waals surface area (Å²) in [7, 11) is 1.73. The Labute approximate surface area is 121 Å². The number of piperidine rings is 1. The first-order valence-electron chi connectivity index (χ1n) is 7.82. The predicted octanol–water partition coefficient (Wildman–Crippen LogP) is 1.08. The first kappa shape index (κ1) is 15.7. The maximum atomic E-state index is 11.9. The highest BCUT2D eigenvalue weighted by atomic mass is 16.5. The molecule has 0 spiro atoms. The molecule has 0 atom stereocenters. The van der Waals surface area contributed by atoms with E-state index in [1.165, 1.54) is 12.8 Å². The van der Waals surface area contributed by atoms with Crippen LogP contribution in [0.2, 0.25) is 0 Å². The Morgan fingerprint density at radius 1 is 1.30 bits per heavy atom. The zero-order valence-corrected chi connectivity index (χ0v) is 12.6. The monoisotopic (exact) mass is 284 g/mol. The van der Waals surface area contributed by atoms with Gasteiger partial charge in [-0.3, -0.25) is 4.79 Å². The standard InChI is InChI=1S/C15H28N2O3/c1-19-12-15(6-8-16-9-7-15)11-17-14(18)10-20-13-4-2-3-5-13/h13,16H,2-12H2,1H3,(H,17,18). The maximum absolute atomic E-state index is 11.9. The van der Waals surface area contributed by atoms with Crippen molar-refractivity contribution in [2.45, 2.75) is 44.6 Å². The van der Waals surface area contributed by atoms with Gasteiger partial charge < -0.3 is 20.1 Å². The highest BCUT2D eigenvalue weighted by Gasteiger charge is 2.32. The van der Waals surface area contributed by atoms with Crippen molar-refractivity contribution >= 4 is 5.91 Å². The van der Waals surface area contributed by atoms with E-state index in [9.17, 15) is 4.79 Å². The normalized spacial score (nSPS) is 22.9. The first-order chi connectivity index (χ1) is 9.74.